The number of hydrogen-bond donors (Lipinski definition) is 3. The molecule has 5 aromatic rings. The van der Waals surface area contributed by atoms with E-state index in [1.807, 2.05) is 0 Å². The van der Waals surface area contributed by atoms with Crippen LogP contribution in [0.15, 0.2) is 65.6 Å². The Morgan fingerprint density at radius 3 is 2.60 bits per heavy atom. The highest BCUT2D eigenvalue weighted by Gasteiger charge is 2.35. The molecule has 198 valence electrons. The summed E-state index contributed by atoms with van der Waals surface area (Å²) < 4.78 is 31.6. The zero-order chi connectivity index (χ0) is 27.7. The summed E-state index contributed by atoms with van der Waals surface area (Å²) in [6.45, 7) is 0. The fraction of sp³-hybridized carbons (Fsp3) is 0.103. The molecule has 0 bridgehead atoms. The van der Waals surface area contributed by atoms with Crippen LogP contribution < -0.4 is 16.6 Å². The quantitative estimate of drug-likeness (QED) is 0.245. The summed E-state index contributed by atoms with van der Waals surface area (Å²) >= 11 is 6.19. The van der Waals surface area contributed by atoms with Crippen LogP contribution in [0, 0.1) is 11.8 Å². The molecule has 0 saturated carbocycles. The molecule has 4 N–H and O–H groups in total. The number of para-hydroxylation sites is 1. The first-order valence-corrected chi connectivity index (χ1v) is 12.8. The number of carbonyl (C=O) groups excluding carboxylic acids is 1. The summed E-state index contributed by atoms with van der Waals surface area (Å²) in [6.07, 6.45) is 2.25. The molecule has 3 aromatic heterocycles. The highest BCUT2D eigenvalue weighted by Crippen LogP contribution is 2.45. The van der Waals surface area contributed by atoms with Gasteiger partial charge in [-0.25, -0.2) is 14.4 Å². The molecule has 2 aromatic carbocycles. The van der Waals surface area contributed by atoms with Gasteiger partial charge in [0.2, 0.25) is 5.95 Å². The lowest BCUT2D eigenvalue weighted by molar-refractivity contribution is 0.102. The number of nitrogens with two attached hydrogens (primary N) is 1. The number of rotatable bonds is 2. The Morgan fingerprint density at radius 2 is 1.77 bits per heavy atom. The summed E-state index contributed by atoms with van der Waals surface area (Å²) in [4.78, 5) is 38.5. The summed E-state index contributed by atoms with van der Waals surface area (Å²) in [5.41, 5.74) is 8.23. The van der Waals surface area contributed by atoms with Crippen molar-refractivity contribution in [2.24, 2.45) is 0 Å². The Labute approximate surface area is 230 Å². The van der Waals surface area contributed by atoms with Crippen LogP contribution in [0.25, 0.3) is 33.5 Å². The minimum absolute atomic E-state index is 0.0500. The van der Waals surface area contributed by atoms with Crippen molar-refractivity contribution in [3.63, 3.8) is 0 Å². The van der Waals surface area contributed by atoms with Crippen molar-refractivity contribution in [3.05, 3.63) is 105 Å². The molecule has 0 aliphatic carbocycles. The fourth-order valence-electron chi connectivity index (χ4n) is 5.72. The van der Waals surface area contributed by atoms with Gasteiger partial charge in [0.1, 0.15) is 17.5 Å². The van der Waals surface area contributed by atoms with Gasteiger partial charge in [-0.3, -0.25) is 9.59 Å². The Balaban J connectivity index is 1.42. The third-order valence-electron chi connectivity index (χ3n) is 7.45. The molecule has 0 spiro atoms. The average Bonchev–Trinajstić information content (AvgIpc) is 3.58. The molecule has 0 unspecified atom stereocenters. The van der Waals surface area contributed by atoms with Gasteiger partial charge < -0.3 is 20.6 Å². The van der Waals surface area contributed by atoms with Crippen LogP contribution in [-0.2, 0) is 6.42 Å². The van der Waals surface area contributed by atoms with Gasteiger partial charge in [0.25, 0.3) is 11.5 Å². The molecule has 1 amide bonds. The van der Waals surface area contributed by atoms with E-state index < -0.39 is 29.3 Å². The lowest BCUT2D eigenvalue weighted by Crippen LogP contribution is -2.28. The van der Waals surface area contributed by atoms with Gasteiger partial charge in [-0.05, 0) is 42.7 Å². The monoisotopic (exact) mass is 556 g/mol. The van der Waals surface area contributed by atoms with E-state index in [1.54, 1.807) is 30.3 Å². The number of fused-ring (bicyclic) bond motifs is 7. The Morgan fingerprint density at radius 1 is 0.975 bits per heavy atom. The second kappa shape index (κ2) is 8.85. The molecular formula is C29H19ClF2N6O2. The minimum atomic E-state index is -0.753. The smallest absolute Gasteiger partial charge is 0.258 e. The van der Waals surface area contributed by atoms with Crippen molar-refractivity contribution in [1.82, 2.24) is 19.5 Å². The van der Waals surface area contributed by atoms with Crippen molar-refractivity contribution in [3.8, 4) is 33.5 Å². The van der Waals surface area contributed by atoms with Crippen LogP contribution >= 0.6 is 11.6 Å². The molecule has 2 aliphatic heterocycles. The van der Waals surface area contributed by atoms with Gasteiger partial charge in [-0.2, -0.15) is 4.39 Å². The number of hydrogen-bond acceptors (Lipinski definition) is 5. The molecule has 8 nitrogen and oxygen atoms in total. The van der Waals surface area contributed by atoms with Crippen molar-refractivity contribution in [2.75, 3.05) is 11.1 Å². The minimum Gasteiger partial charge on any atom is -0.384 e. The zero-order valence-corrected chi connectivity index (χ0v) is 21.4. The van der Waals surface area contributed by atoms with E-state index in [9.17, 15) is 14.0 Å². The van der Waals surface area contributed by atoms with E-state index in [0.717, 1.165) is 0 Å². The van der Waals surface area contributed by atoms with Crippen LogP contribution in [0.3, 0.4) is 0 Å². The SMILES string of the molecule is Nc1ccc(-c2cnc([C@@H]3CCc4c5c(cc(=O)n43)-c3c(ccc(Cl)c3F)-c3ccccc3NC5=O)[nH]2)c(F)n1. The second-order valence-electron chi connectivity index (χ2n) is 9.68. The number of pyridine rings is 2. The second-order valence-corrected chi connectivity index (χ2v) is 10.1. The molecular weight excluding hydrogens is 538 g/mol. The van der Waals surface area contributed by atoms with Crippen LogP contribution in [0.1, 0.15) is 34.3 Å². The van der Waals surface area contributed by atoms with Gasteiger partial charge >= 0.3 is 0 Å². The Bertz CT molecular complexity index is 1950. The van der Waals surface area contributed by atoms with Crippen molar-refractivity contribution < 1.29 is 13.6 Å². The number of nitrogen functional groups attached to an aromatic ring is 1. The molecule has 0 saturated heterocycles. The number of benzene rings is 2. The predicted molar refractivity (Wildman–Crippen MR) is 147 cm³/mol. The summed E-state index contributed by atoms with van der Waals surface area (Å²) in [5, 5.41) is 2.83. The third-order valence-corrected chi connectivity index (χ3v) is 7.74. The number of anilines is 2. The standard InChI is InChI=1S/C29H19ClF2N6O2/c30-17-7-5-14-13-3-1-2-4-18(13)36-29(40)25-16(24(14)26(17)31)11-23(39)38-20(25)8-9-21(38)28-34-12-19(35-28)15-6-10-22(33)37-27(15)32/h1-7,10-12,21H,8-9H2,(H2,33,37)(H,34,35)(H,36,40)/t21-/m0/s1. The summed E-state index contributed by atoms with van der Waals surface area (Å²) in [6, 6.07) is 13.9. The molecule has 40 heavy (non-hydrogen) atoms. The number of halogens is 3. The normalized spacial score (nSPS) is 15.4. The molecule has 7 rings (SSSR count). The summed E-state index contributed by atoms with van der Waals surface area (Å²) in [7, 11) is 0. The molecule has 1 atom stereocenters. The van der Waals surface area contributed by atoms with Crippen LogP contribution in [-0.4, -0.2) is 25.4 Å². The van der Waals surface area contributed by atoms with Gasteiger partial charge in [0, 0.05) is 34.1 Å². The number of imidazole rings is 1. The Hall–Kier alpha value is -4.83. The van der Waals surface area contributed by atoms with E-state index in [-0.39, 0.29) is 33.1 Å². The largest absolute Gasteiger partial charge is 0.384 e. The van der Waals surface area contributed by atoms with Crippen molar-refractivity contribution in [1.29, 1.82) is 0 Å². The Kier molecular flexibility index (Phi) is 5.36. The first-order valence-electron chi connectivity index (χ1n) is 12.5. The third kappa shape index (κ3) is 3.56. The number of aromatic amines is 1. The number of carbonyl (C=O) groups is 1. The number of nitrogens with one attached hydrogen (secondary N) is 2. The van der Waals surface area contributed by atoms with Crippen LogP contribution in [0.5, 0.6) is 0 Å². The van der Waals surface area contributed by atoms with E-state index >= 15 is 4.39 Å². The van der Waals surface area contributed by atoms with Gasteiger partial charge in [0.15, 0.2) is 0 Å². The first-order chi connectivity index (χ1) is 19.3. The number of H-pyrrole nitrogens is 1. The lowest BCUT2D eigenvalue weighted by Gasteiger charge is -2.24. The van der Waals surface area contributed by atoms with E-state index in [0.29, 0.717) is 46.9 Å². The zero-order valence-electron chi connectivity index (χ0n) is 20.6. The summed E-state index contributed by atoms with van der Waals surface area (Å²) in [5.74, 6) is -1.46. The number of amides is 1. The highest BCUT2D eigenvalue weighted by molar-refractivity contribution is 6.31. The molecule has 11 heteroatoms. The predicted octanol–water partition coefficient (Wildman–Crippen LogP) is 5.58. The maximum atomic E-state index is 15.7. The highest BCUT2D eigenvalue weighted by atomic mass is 35.5. The number of nitrogens with zero attached hydrogens (tertiary/aromatic N) is 3. The van der Waals surface area contributed by atoms with Crippen molar-refractivity contribution >= 4 is 29.0 Å². The molecule has 2 aliphatic rings. The van der Waals surface area contributed by atoms with Crippen LogP contribution in [0.4, 0.5) is 20.3 Å². The number of aromatic nitrogens is 4. The van der Waals surface area contributed by atoms with Gasteiger partial charge in [0.05, 0.1) is 34.1 Å². The molecule has 0 fully saturated rings. The van der Waals surface area contributed by atoms with E-state index in [2.05, 4.69) is 20.3 Å². The maximum Gasteiger partial charge on any atom is 0.258 e. The fourth-order valence-corrected chi connectivity index (χ4v) is 5.87. The lowest BCUT2D eigenvalue weighted by atomic mass is 9.88. The van der Waals surface area contributed by atoms with Gasteiger partial charge in [-0.1, -0.05) is 35.9 Å². The van der Waals surface area contributed by atoms with Crippen molar-refractivity contribution in [2.45, 2.75) is 18.9 Å². The topological polar surface area (TPSA) is 119 Å². The van der Waals surface area contributed by atoms with Gasteiger partial charge in [-0.15, -0.1) is 0 Å². The average molecular weight is 557 g/mol. The van der Waals surface area contributed by atoms with Crippen LogP contribution in [0.2, 0.25) is 5.02 Å². The van der Waals surface area contributed by atoms with E-state index in [4.69, 9.17) is 17.3 Å². The maximum absolute atomic E-state index is 15.7. The first kappa shape index (κ1) is 24.2. The molecule has 0 radical (unpaired) electrons. The molecule has 5 heterocycles. The van der Waals surface area contributed by atoms with E-state index in [1.165, 1.54) is 35.0 Å².